The van der Waals surface area contributed by atoms with Gasteiger partial charge in [0.2, 0.25) is 0 Å². The third kappa shape index (κ3) is 2.47. The standard InChI is InChI=1S/C21H20FN7O/c22-13-6-2-7-14-16(13)21(30)29(12-4-1-5-12)19(27-14)15-8-3-9-28(15)20-17-18(24-10-23-17)25-11-26-20/h2,6-7,10-12,15H,1,3-5,8-9H2,(H,23,24,25,26)/t15-/m0/s1. The lowest BCUT2D eigenvalue weighted by Gasteiger charge is -2.33. The van der Waals surface area contributed by atoms with Crippen LogP contribution in [0.3, 0.4) is 0 Å². The van der Waals surface area contributed by atoms with E-state index in [0.717, 1.165) is 50.0 Å². The van der Waals surface area contributed by atoms with Crippen LogP contribution in [0.15, 0.2) is 35.6 Å². The summed E-state index contributed by atoms with van der Waals surface area (Å²) in [4.78, 5) is 36.5. The first-order chi connectivity index (χ1) is 14.7. The fourth-order valence-corrected chi connectivity index (χ4v) is 4.71. The highest BCUT2D eigenvalue weighted by molar-refractivity contribution is 5.83. The normalized spacial score (nSPS) is 19.6. The molecule has 152 valence electrons. The summed E-state index contributed by atoms with van der Waals surface area (Å²) in [7, 11) is 0. The van der Waals surface area contributed by atoms with Gasteiger partial charge >= 0.3 is 0 Å². The Bertz CT molecular complexity index is 1330. The van der Waals surface area contributed by atoms with E-state index in [9.17, 15) is 9.18 Å². The van der Waals surface area contributed by atoms with Crippen molar-refractivity contribution in [2.45, 2.75) is 44.2 Å². The Hall–Kier alpha value is -3.36. The minimum atomic E-state index is -0.511. The first-order valence-corrected chi connectivity index (χ1v) is 10.3. The summed E-state index contributed by atoms with van der Waals surface area (Å²) in [6.45, 7) is 0.789. The van der Waals surface area contributed by atoms with E-state index >= 15 is 0 Å². The van der Waals surface area contributed by atoms with Crippen LogP contribution in [0.1, 0.15) is 50.0 Å². The molecule has 0 unspecified atom stereocenters. The van der Waals surface area contributed by atoms with Crippen molar-refractivity contribution >= 4 is 27.9 Å². The average Bonchev–Trinajstić information content (AvgIpc) is 3.37. The van der Waals surface area contributed by atoms with Gasteiger partial charge in [-0.3, -0.25) is 9.36 Å². The van der Waals surface area contributed by atoms with E-state index < -0.39 is 5.82 Å². The van der Waals surface area contributed by atoms with Gasteiger partial charge in [0.15, 0.2) is 11.5 Å². The molecule has 1 atom stereocenters. The van der Waals surface area contributed by atoms with Crippen LogP contribution in [-0.4, -0.2) is 36.0 Å². The molecule has 0 amide bonds. The van der Waals surface area contributed by atoms with Crippen LogP contribution in [0.25, 0.3) is 22.1 Å². The van der Waals surface area contributed by atoms with E-state index in [1.165, 1.54) is 12.4 Å². The number of H-pyrrole nitrogens is 1. The number of hydrogen-bond donors (Lipinski definition) is 1. The zero-order valence-electron chi connectivity index (χ0n) is 16.3. The molecule has 3 aromatic heterocycles. The number of fused-ring (bicyclic) bond motifs is 2. The van der Waals surface area contributed by atoms with Crippen molar-refractivity contribution in [1.29, 1.82) is 0 Å². The second-order valence-corrected chi connectivity index (χ2v) is 8.01. The molecule has 2 fully saturated rings. The average molecular weight is 405 g/mol. The van der Waals surface area contributed by atoms with Crippen LogP contribution in [0.4, 0.5) is 10.2 Å². The van der Waals surface area contributed by atoms with E-state index in [1.54, 1.807) is 23.0 Å². The quantitative estimate of drug-likeness (QED) is 0.562. The van der Waals surface area contributed by atoms with Gasteiger partial charge in [0.1, 0.15) is 28.9 Å². The van der Waals surface area contributed by atoms with Crippen molar-refractivity contribution in [3.63, 3.8) is 0 Å². The van der Waals surface area contributed by atoms with Gasteiger partial charge in [0.25, 0.3) is 5.56 Å². The summed E-state index contributed by atoms with van der Waals surface area (Å²) in [6.07, 6.45) is 7.82. The lowest BCUT2D eigenvalue weighted by molar-refractivity contribution is 0.291. The fourth-order valence-electron chi connectivity index (χ4n) is 4.71. The van der Waals surface area contributed by atoms with Crippen LogP contribution in [0.2, 0.25) is 0 Å². The number of imidazole rings is 1. The molecule has 4 aromatic rings. The second-order valence-electron chi connectivity index (χ2n) is 8.01. The zero-order chi connectivity index (χ0) is 20.2. The lowest BCUT2D eigenvalue weighted by Crippen LogP contribution is -2.37. The van der Waals surface area contributed by atoms with Crippen LogP contribution in [-0.2, 0) is 0 Å². The highest BCUT2D eigenvalue weighted by atomic mass is 19.1. The second kappa shape index (κ2) is 6.58. The molecule has 30 heavy (non-hydrogen) atoms. The van der Waals surface area contributed by atoms with Crippen LogP contribution in [0, 0.1) is 5.82 Å². The number of aromatic nitrogens is 6. The van der Waals surface area contributed by atoms with E-state index in [4.69, 9.17) is 4.98 Å². The number of anilines is 1. The third-order valence-corrected chi connectivity index (χ3v) is 6.37. The molecule has 4 heterocycles. The Morgan fingerprint density at radius 1 is 1.10 bits per heavy atom. The Balaban J connectivity index is 1.56. The Labute approximate surface area is 170 Å². The topological polar surface area (TPSA) is 92.6 Å². The van der Waals surface area contributed by atoms with E-state index in [1.807, 2.05) is 0 Å². The van der Waals surface area contributed by atoms with Crippen LogP contribution >= 0.6 is 0 Å². The first-order valence-electron chi connectivity index (χ1n) is 10.3. The highest BCUT2D eigenvalue weighted by Crippen LogP contribution is 2.39. The lowest BCUT2D eigenvalue weighted by atomic mass is 9.92. The molecule has 1 aliphatic carbocycles. The van der Waals surface area contributed by atoms with Gasteiger partial charge in [-0.15, -0.1) is 0 Å². The molecule has 1 aliphatic heterocycles. The molecule has 0 radical (unpaired) electrons. The molecular weight excluding hydrogens is 385 g/mol. The van der Waals surface area contributed by atoms with Crippen molar-refractivity contribution in [2.24, 2.45) is 0 Å². The number of rotatable bonds is 3. The molecule has 1 saturated heterocycles. The number of nitrogens with one attached hydrogen (secondary N) is 1. The first kappa shape index (κ1) is 17.5. The molecule has 1 saturated carbocycles. The van der Waals surface area contributed by atoms with Gasteiger partial charge in [0.05, 0.1) is 17.9 Å². The Morgan fingerprint density at radius 2 is 2.00 bits per heavy atom. The van der Waals surface area contributed by atoms with E-state index in [-0.39, 0.29) is 23.0 Å². The van der Waals surface area contributed by atoms with Gasteiger partial charge in [0, 0.05) is 12.6 Å². The number of aromatic amines is 1. The Morgan fingerprint density at radius 3 is 2.83 bits per heavy atom. The number of benzene rings is 1. The maximum atomic E-state index is 14.5. The molecule has 1 N–H and O–H groups in total. The monoisotopic (exact) mass is 405 g/mol. The predicted molar refractivity (Wildman–Crippen MR) is 110 cm³/mol. The zero-order valence-corrected chi connectivity index (χ0v) is 16.3. The molecule has 9 heteroatoms. The van der Waals surface area contributed by atoms with Gasteiger partial charge in [-0.2, -0.15) is 0 Å². The van der Waals surface area contributed by atoms with Crippen LogP contribution < -0.4 is 10.5 Å². The van der Waals surface area contributed by atoms with Crippen molar-refractivity contribution < 1.29 is 4.39 Å². The summed E-state index contributed by atoms with van der Waals surface area (Å²) in [5.41, 5.74) is 1.51. The number of hydrogen-bond acceptors (Lipinski definition) is 6. The summed E-state index contributed by atoms with van der Waals surface area (Å²) >= 11 is 0. The van der Waals surface area contributed by atoms with Crippen molar-refractivity contribution in [3.8, 4) is 0 Å². The van der Waals surface area contributed by atoms with Crippen molar-refractivity contribution in [3.05, 3.63) is 52.8 Å². The molecule has 0 bridgehead atoms. The summed E-state index contributed by atoms with van der Waals surface area (Å²) in [5, 5.41) is 0.0793. The largest absolute Gasteiger partial charge is 0.345 e. The van der Waals surface area contributed by atoms with Gasteiger partial charge < -0.3 is 9.88 Å². The van der Waals surface area contributed by atoms with E-state index in [0.29, 0.717) is 17.0 Å². The van der Waals surface area contributed by atoms with E-state index in [2.05, 4.69) is 24.8 Å². The minimum absolute atomic E-state index is 0.0732. The molecule has 2 aliphatic rings. The maximum Gasteiger partial charge on any atom is 0.264 e. The molecule has 6 rings (SSSR count). The van der Waals surface area contributed by atoms with Crippen LogP contribution in [0.5, 0.6) is 0 Å². The van der Waals surface area contributed by atoms with Gasteiger partial charge in [-0.05, 0) is 44.2 Å². The number of halogens is 1. The molecule has 0 spiro atoms. The van der Waals surface area contributed by atoms with Gasteiger partial charge in [-0.25, -0.2) is 24.3 Å². The molecular formula is C21H20FN7O. The summed E-state index contributed by atoms with van der Waals surface area (Å²) in [6, 6.07) is 4.60. The smallest absolute Gasteiger partial charge is 0.264 e. The summed E-state index contributed by atoms with van der Waals surface area (Å²) < 4.78 is 16.3. The fraction of sp³-hybridized carbons (Fsp3) is 0.381. The molecule has 1 aromatic carbocycles. The van der Waals surface area contributed by atoms with Crippen molar-refractivity contribution in [2.75, 3.05) is 11.4 Å². The highest BCUT2D eigenvalue weighted by Gasteiger charge is 2.35. The minimum Gasteiger partial charge on any atom is -0.345 e. The Kier molecular flexibility index (Phi) is 3.84. The molecule has 8 nitrogen and oxygen atoms in total. The SMILES string of the molecule is O=c1c2c(F)cccc2nc([C@@H]2CCCN2c2ncnc3nc[nH]c23)n1C1CCC1. The third-order valence-electron chi connectivity index (χ3n) is 6.37. The number of nitrogens with zero attached hydrogens (tertiary/aromatic N) is 6. The van der Waals surface area contributed by atoms with Crippen molar-refractivity contribution in [1.82, 2.24) is 29.5 Å². The van der Waals surface area contributed by atoms with Gasteiger partial charge in [-0.1, -0.05) is 6.07 Å². The predicted octanol–water partition coefficient (Wildman–Crippen LogP) is 3.27. The summed E-state index contributed by atoms with van der Waals surface area (Å²) in [5.74, 6) is 0.947. The maximum absolute atomic E-state index is 14.5.